The summed E-state index contributed by atoms with van der Waals surface area (Å²) < 4.78 is 47.6. The monoisotopic (exact) mass is 438 g/mol. The van der Waals surface area contributed by atoms with Crippen molar-refractivity contribution >= 4 is 32.5 Å². The third-order valence-corrected chi connectivity index (χ3v) is 5.74. The number of primary amides is 1. The highest BCUT2D eigenvalue weighted by Crippen LogP contribution is 2.26. The largest absolute Gasteiger partial charge is 0.439 e. The van der Waals surface area contributed by atoms with E-state index in [1.807, 2.05) is 0 Å². The number of carbonyl (C=O) groups excluding carboxylic acids is 1. The molecule has 3 N–H and O–H groups in total. The Morgan fingerprint density at radius 2 is 1.87 bits per heavy atom. The molecule has 4 rings (SSSR count). The van der Waals surface area contributed by atoms with Crippen molar-refractivity contribution in [1.82, 2.24) is 9.97 Å². The van der Waals surface area contributed by atoms with Gasteiger partial charge >= 0.3 is 0 Å². The molecule has 10 heteroatoms. The average molecular weight is 438 g/mol. The first-order chi connectivity index (χ1) is 14.8. The first-order valence-electron chi connectivity index (χ1n) is 8.93. The summed E-state index contributed by atoms with van der Waals surface area (Å²) in [6.07, 6.45) is 2.66. The fraction of sp³-hybridized carbons (Fsp3) is 0. The molecule has 2 aromatic carbocycles. The predicted molar refractivity (Wildman–Crippen MR) is 112 cm³/mol. The number of halogens is 1. The van der Waals surface area contributed by atoms with Crippen LogP contribution in [0, 0.1) is 5.82 Å². The van der Waals surface area contributed by atoms with Gasteiger partial charge in [0.05, 0.1) is 16.8 Å². The van der Waals surface area contributed by atoms with Crippen molar-refractivity contribution < 1.29 is 22.3 Å². The Morgan fingerprint density at radius 3 is 2.61 bits per heavy atom. The number of rotatable bonds is 6. The molecule has 0 aliphatic rings. The smallest absolute Gasteiger partial charge is 0.262 e. The van der Waals surface area contributed by atoms with E-state index in [0.717, 1.165) is 6.07 Å². The Labute approximate surface area is 176 Å². The lowest BCUT2D eigenvalue weighted by Gasteiger charge is -2.11. The van der Waals surface area contributed by atoms with Crippen molar-refractivity contribution in [2.75, 3.05) is 4.72 Å². The summed E-state index contributed by atoms with van der Waals surface area (Å²) in [6, 6.07) is 14.4. The molecule has 0 radical (unpaired) electrons. The number of ether oxygens (including phenoxy) is 1. The molecule has 2 heterocycles. The number of pyridine rings is 2. The fourth-order valence-electron chi connectivity index (χ4n) is 2.89. The Bertz CT molecular complexity index is 1390. The molecule has 0 atom stereocenters. The van der Waals surface area contributed by atoms with E-state index in [0.29, 0.717) is 5.75 Å². The van der Waals surface area contributed by atoms with Crippen LogP contribution < -0.4 is 15.2 Å². The second-order valence-corrected chi connectivity index (χ2v) is 8.08. The van der Waals surface area contributed by atoms with Crippen LogP contribution in [0.5, 0.6) is 11.6 Å². The lowest BCUT2D eigenvalue weighted by atomic mass is 10.2. The van der Waals surface area contributed by atoms with E-state index >= 15 is 0 Å². The van der Waals surface area contributed by atoms with Gasteiger partial charge in [0.25, 0.3) is 10.0 Å². The zero-order valence-corrected chi connectivity index (χ0v) is 16.6. The number of nitrogens with zero attached hydrogens (tertiary/aromatic N) is 2. The van der Waals surface area contributed by atoms with Crippen molar-refractivity contribution in [1.29, 1.82) is 0 Å². The van der Waals surface area contributed by atoms with Gasteiger partial charge in [-0.05, 0) is 48.5 Å². The van der Waals surface area contributed by atoms with Gasteiger partial charge in [-0.1, -0.05) is 6.07 Å². The minimum Gasteiger partial charge on any atom is -0.439 e. The highest BCUT2D eigenvalue weighted by Gasteiger charge is 2.20. The number of hydrogen-bond donors (Lipinski definition) is 2. The van der Waals surface area contributed by atoms with Crippen molar-refractivity contribution in [3.05, 3.63) is 84.4 Å². The molecule has 0 saturated heterocycles. The lowest BCUT2D eigenvalue weighted by Crippen LogP contribution is -2.14. The molecule has 0 aliphatic heterocycles. The predicted octanol–water partition coefficient (Wildman–Crippen LogP) is 3.46. The topological polar surface area (TPSA) is 124 Å². The Hall–Kier alpha value is -4.05. The summed E-state index contributed by atoms with van der Waals surface area (Å²) in [6.45, 7) is 0. The summed E-state index contributed by atoms with van der Waals surface area (Å²) in [5, 5.41) is 0.164. The molecular formula is C21H15FN4O4S. The SMILES string of the molecule is NC(=O)c1cccc(Oc2ccc(NS(=O)(=O)c3ccc(F)c4ncccc34)cn2)c1. The minimum atomic E-state index is -4.03. The van der Waals surface area contributed by atoms with Crippen molar-refractivity contribution in [3.8, 4) is 11.6 Å². The molecule has 31 heavy (non-hydrogen) atoms. The number of anilines is 1. The van der Waals surface area contributed by atoms with E-state index in [9.17, 15) is 17.6 Å². The molecule has 0 saturated carbocycles. The zero-order valence-electron chi connectivity index (χ0n) is 15.8. The first-order valence-corrected chi connectivity index (χ1v) is 10.4. The van der Waals surface area contributed by atoms with E-state index in [2.05, 4.69) is 14.7 Å². The molecule has 0 spiro atoms. The zero-order chi connectivity index (χ0) is 22.0. The second-order valence-electron chi connectivity index (χ2n) is 6.43. The Balaban J connectivity index is 1.56. The number of hydrogen-bond acceptors (Lipinski definition) is 6. The van der Waals surface area contributed by atoms with E-state index in [1.165, 1.54) is 48.8 Å². The number of fused-ring (bicyclic) bond motifs is 1. The number of sulfonamides is 1. The molecule has 2 aromatic heterocycles. The van der Waals surface area contributed by atoms with Crippen LogP contribution in [0.25, 0.3) is 10.9 Å². The highest BCUT2D eigenvalue weighted by molar-refractivity contribution is 7.93. The number of benzene rings is 2. The standard InChI is InChI=1S/C21H15FN4O4S/c22-17-7-8-18(16-5-2-10-24-20(16)17)31(28,29)26-14-6-9-19(25-12-14)30-15-4-1-3-13(11-15)21(23)27/h1-12,26H,(H2,23,27). The highest BCUT2D eigenvalue weighted by atomic mass is 32.2. The fourth-order valence-corrected chi connectivity index (χ4v) is 4.13. The molecule has 4 aromatic rings. The van der Waals surface area contributed by atoms with Gasteiger partial charge in [0.1, 0.15) is 17.1 Å². The number of amides is 1. The van der Waals surface area contributed by atoms with E-state index in [4.69, 9.17) is 10.5 Å². The third kappa shape index (κ3) is 4.28. The number of nitrogens with one attached hydrogen (secondary N) is 1. The summed E-state index contributed by atoms with van der Waals surface area (Å²) in [5.41, 5.74) is 5.67. The van der Waals surface area contributed by atoms with Crippen LogP contribution in [0.2, 0.25) is 0 Å². The molecule has 0 unspecified atom stereocenters. The Kier molecular flexibility index (Phi) is 5.22. The second kappa shape index (κ2) is 8.00. The first kappa shape index (κ1) is 20.2. The van der Waals surface area contributed by atoms with Crippen LogP contribution >= 0.6 is 0 Å². The maximum atomic E-state index is 13.9. The number of nitrogens with two attached hydrogens (primary N) is 1. The quantitative estimate of drug-likeness (QED) is 0.475. The van der Waals surface area contributed by atoms with Gasteiger partial charge in [0.15, 0.2) is 0 Å². The number of aromatic nitrogens is 2. The molecule has 156 valence electrons. The molecule has 0 aliphatic carbocycles. The van der Waals surface area contributed by atoms with Crippen LogP contribution in [0.4, 0.5) is 10.1 Å². The lowest BCUT2D eigenvalue weighted by molar-refractivity contribution is 0.1000. The van der Waals surface area contributed by atoms with E-state index in [1.54, 1.807) is 18.2 Å². The van der Waals surface area contributed by atoms with E-state index in [-0.39, 0.29) is 32.9 Å². The minimum absolute atomic E-state index is 0.0366. The summed E-state index contributed by atoms with van der Waals surface area (Å²) in [5.74, 6) is -0.673. The normalized spacial score (nSPS) is 11.3. The maximum absolute atomic E-state index is 13.9. The average Bonchev–Trinajstić information content (AvgIpc) is 2.75. The van der Waals surface area contributed by atoms with Gasteiger partial charge < -0.3 is 10.5 Å². The van der Waals surface area contributed by atoms with Crippen LogP contribution in [0.15, 0.2) is 78.0 Å². The van der Waals surface area contributed by atoms with Gasteiger partial charge in [-0.25, -0.2) is 17.8 Å². The Morgan fingerprint density at radius 1 is 1.03 bits per heavy atom. The van der Waals surface area contributed by atoms with Gasteiger partial charge in [-0.15, -0.1) is 0 Å². The molecule has 0 bridgehead atoms. The molecule has 0 fully saturated rings. The summed E-state index contributed by atoms with van der Waals surface area (Å²) in [7, 11) is -4.03. The molecular weight excluding hydrogens is 423 g/mol. The summed E-state index contributed by atoms with van der Waals surface area (Å²) in [4.78, 5) is 19.1. The van der Waals surface area contributed by atoms with Crippen molar-refractivity contribution in [3.63, 3.8) is 0 Å². The molecule has 1 amide bonds. The third-order valence-electron chi connectivity index (χ3n) is 4.30. The van der Waals surface area contributed by atoms with Gasteiger partial charge in [0.2, 0.25) is 11.8 Å². The number of carbonyl (C=O) groups is 1. The van der Waals surface area contributed by atoms with Gasteiger partial charge in [-0.2, -0.15) is 0 Å². The van der Waals surface area contributed by atoms with E-state index < -0.39 is 21.7 Å². The van der Waals surface area contributed by atoms with Crippen molar-refractivity contribution in [2.45, 2.75) is 4.90 Å². The van der Waals surface area contributed by atoms with Crippen LogP contribution in [-0.2, 0) is 10.0 Å². The summed E-state index contributed by atoms with van der Waals surface area (Å²) >= 11 is 0. The van der Waals surface area contributed by atoms with Crippen molar-refractivity contribution in [2.24, 2.45) is 5.73 Å². The van der Waals surface area contributed by atoms with Crippen LogP contribution in [0.3, 0.4) is 0 Å². The van der Waals surface area contributed by atoms with Gasteiger partial charge in [0, 0.05) is 23.2 Å². The maximum Gasteiger partial charge on any atom is 0.262 e. The van der Waals surface area contributed by atoms with Crippen LogP contribution in [-0.4, -0.2) is 24.3 Å². The molecule has 8 nitrogen and oxygen atoms in total. The van der Waals surface area contributed by atoms with Crippen LogP contribution in [0.1, 0.15) is 10.4 Å². The van der Waals surface area contributed by atoms with Gasteiger partial charge in [-0.3, -0.25) is 14.5 Å².